The summed E-state index contributed by atoms with van der Waals surface area (Å²) in [6.07, 6.45) is 1.17. The van der Waals surface area contributed by atoms with Crippen molar-refractivity contribution >= 4 is 31.3 Å². The van der Waals surface area contributed by atoms with Gasteiger partial charge in [-0.05, 0) is 42.8 Å². The molecule has 2 aromatic carbocycles. The van der Waals surface area contributed by atoms with Crippen molar-refractivity contribution in [2.45, 2.75) is 21.8 Å². The molecule has 1 aliphatic heterocycles. The van der Waals surface area contributed by atoms with Crippen molar-refractivity contribution in [2.75, 3.05) is 31.4 Å². The van der Waals surface area contributed by atoms with E-state index in [0.717, 1.165) is 11.9 Å². The highest BCUT2D eigenvalue weighted by Gasteiger charge is 2.40. The SMILES string of the molecule is COC(=O)c1ccc(S(=O)(=O)[C@H]2C[C@@H](S(C)(=O)=O)CN(c3ccccc3)C2)cc1. The molecule has 0 saturated carbocycles. The summed E-state index contributed by atoms with van der Waals surface area (Å²) >= 11 is 0. The third kappa shape index (κ3) is 4.62. The molecule has 2 atom stereocenters. The summed E-state index contributed by atoms with van der Waals surface area (Å²) in [4.78, 5) is 13.4. The number of carbonyl (C=O) groups is 1. The van der Waals surface area contributed by atoms with E-state index < -0.39 is 36.1 Å². The summed E-state index contributed by atoms with van der Waals surface area (Å²) < 4.78 is 55.6. The summed E-state index contributed by atoms with van der Waals surface area (Å²) in [5.41, 5.74) is 1.03. The van der Waals surface area contributed by atoms with Crippen LogP contribution in [0.1, 0.15) is 16.8 Å². The number of esters is 1. The van der Waals surface area contributed by atoms with Gasteiger partial charge in [0.05, 0.1) is 28.1 Å². The zero-order valence-electron chi connectivity index (χ0n) is 16.2. The molecule has 3 rings (SSSR count). The van der Waals surface area contributed by atoms with Gasteiger partial charge in [-0.25, -0.2) is 21.6 Å². The molecule has 1 aliphatic rings. The fourth-order valence-electron chi connectivity index (χ4n) is 3.48. The molecule has 1 saturated heterocycles. The molecule has 0 N–H and O–H groups in total. The van der Waals surface area contributed by atoms with E-state index in [1.54, 1.807) is 4.90 Å². The highest BCUT2D eigenvalue weighted by Crippen LogP contribution is 2.29. The van der Waals surface area contributed by atoms with Crippen molar-refractivity contribution in [3.63, 3.8) is 0 Å². The zero-order valence-corrected chi connectivity index (χ0v) is 17.8. The molecular weight excluding hydrogens is 414 g/mol. The van der Waals surface area contributed by atoms with E-state index in [9.17, 15) is 21.6 Å². The van der Waals surface area contributed by atoms with Gasteiger partial charge in [0.1, 0.15) is 0 Å². The molecule has 0 radical (unpaired) electrons. The van der Waals surface area contributed by atoms with Crippen LogP contribution in [0, 0.1) is 0 Å². The number of hydrogen-bond donors (Lipinski definition) is 0. The summed E-state index contributed by atoms with van der Waals surface area (Å²) in [5, 5.41) is -1.68. The largest absolute Gasteiger partial charge is 0.465 e. The Morgan fingerprint density at radius 3 is 2.07 bits per heavy atom. The average Bonchev–Trinajstić information content (AvgIpc) is 2.73. The second-order valence-electron chi connectivity index (χ2n) is 7.11. The molecule has 1 fully saturated rings. The molecule has 0 amide bonds. The summed E-state index contributed by atoms with van der Waals surface area (Å²) in [5.74, 6) is -0.556. The van der Waals surface area contributed by atoms with Crippen LogP contribution in [0.2, 0.25) is 0 Å². The lowest BCUT2D eigenvalue weighted by Crippen LogP contribution is -2.51. The number of methoxy groups -OCH3 is 1. The van der Waals surface area contributed by atoms with Crippen molar-refractivity contribution in [2.24, 2.45) is 0 Å². The first kappa shape index (κ1) is 21.3. The van der Waals surface area contributed by atoms with Crippen LogP contribution in [-0.4, -0.2) is 59.8 Å². The Hall–Kier alpha value is -2.39. The third-order valence-corrected chi connectivity index (χ3v) is 8.84. The minimum absolute atomic E-state index is 0.0310. The maximum Gasteiger partial charge on any atom is 0.337 e. The molecule has 0 aliphatic carbocycles. The topological polar surface area (TPSA) is 97.8 Å². The number of nitrogens with zero attached hydrogens (tertiary/aromatic N) is 1. The van der Waals surface area contributed by atoms with Crippen LogP contribution < -0.4 is 4.90 Å². The number of carbonyl (C=O) groups excluding carboxylic acids is 1. The Morgan fingerprint density at radius 1 is 0.931 bits per heavy atom. The Bertz CT molecular complexity index is 1080. The first-order chi connectivity index (χ1) is 13.6. The summed E-state index contributed by atoms with van der Waals surface area (Å²) in [6, 6.07) is 14.7. The minimum atomic E-state index is -3.80. The Morgan fingerprint density at radius 2 is 1.52 bits per heavy atom. The second kappa shape index (κ2) is 8.16. The lowest BCUT2D eigenvalue weighted by atomic mass is 10.1. The monoisotopic (exact) mass is 437 g/mol. The van der Waals surface area contributed by atoms with Gasteiger partial charge in [0.15, 0.2) is 19.7 Å². The normalized spacial score (nSPS) is 20.3. The standard InChI is InChI=1S/C20H23NO6S2/c1-27-20(22)15-8-10-17(11-9-15)29(25,26)19-12-18(28(2,23)24)13-21(14-19)16-6-4-3-5-7-16/h3-11,18-19H,12-14H2,1-2H3/t18-,19+/m1/s1. The molecular formula is C20H23NO6S2. The highest BCUT2D eigenvalue weighted by atomic mass is 32.2. The number of sulfone groups is 2. The van der Waals surface area contributed by atoms with E-state index in [2.05, 4.69) is 4.74 Å². The maximum atomic E-state index is 13.2. The Labute approximate surface area is 171 Å². The molecule has 7 nitrogen and oxygen atoms in total. The van der Waals surface area contributed by atoms with Crippen LogP contribution >= 0.6 is 0 Å². The number of piperidine rings is 1. The first-order valence-corrected chi connectivity index (χ1v) is 12.5. The van der Waals surface area contributed by atoms with Crippen LogP contribution in [0.25, 0.3) is 0 Å². The molecule has 29 heavy (non-hydrogen) atoms. The van der Waals surface area contributed by atoms with Gasteiger partial charge < -0.3 is 9.64 Å². The van der Waals surface area contributed by atoms with Gasteiger partial charge in [0.2, 0.25) is 0 Å². The molecule has 0 aromatic heterocycles. The second-order valence-corrected chi connectivity index (χ2v) is 11.7. The van der Waals surface area contributed by atoms with Gasteiger partial charge >= 0.3 is 5.97 Å². The fraction of sp³-hybridized carbons (Fsp3) is 0.350. The highest BCUT2D eigenvalue weighted by molar-refractivity contribution is 7.92. The number of anilines is 1. The van der Waals surface area contributed by atoms with Crippen LogP contribution in [-0.2, 0) is 24.4 Å². The fourth-order valence-corrected chi connectivity index (χ4v) is 6.40. The lowest BCUT2D eigenvalue weighted by molar-refractivity contribution is 0.0600. The minimum Gasteiger partial charge on any atom is -0.465 e. The predicted molar refractivity (Wildman–Crippen MR) is 111 cm³/mol. The van der Waals surface area contributed by atoms with Crippen LogP contribution in [0.5, 0.6) is 0 Å². The van der Waals surface area contributed by atoms with Crippen LogP contribution in [0.4, 0.5) is 5.69 Å². The van der Waals surface area contributed by atoms with Crippen LogP contribution in [0.3, 0.4) is 0 Å². The smallest absolute Gasteiger partial charge is 0.337 e. The van der Waals surface area contributed by atoms with E-state index in [0.29, 0.717) is 0 Å². The Balaban J connectivity index is 1.95. The van der Waals surface area contributed by atoms with Gasteiger partial charge in [-0.15, -0.1) is 0 Å². The van der Waals surface area contributed by atoms with Crippen molar-refractivity contribution < 1.29 is 26.4 Å². The van der Waals surface area contributed by atoms with E-state index in [1.165, 1.54) is 31.4 Å². The first-order valence-electron chi connectivity index (χ1n) is 9.04. The quantitative estimate of drug-likeness (QED) is 0.659. The molecule has 156 valence electrons. The average molecular weight is 438 g/mol. The molecule has 2 aromatic rings. The number of hydrogen-bond acceptors (Lipinski definition) is 7. The van der Waals surface area contributed by atoms with Gasteiger partial charge in [0, 0.05) is 25.0 Å². The van der Waals surface area contributed by atoms with Crippen molar-refractivity contribution in [3.8, 4) is 0 Å². The van der Waals surface area contributed by atoms with Crippen molar-refractivity contribution in [3.05, 3.63) is 60.2 Å². The van der Waals surface area contributed by atoms with Crippen molar-refractivity contribution in [1.82, 2.24) is 0 Å². The van der Waals surface area contributed by atoms with Crippen molar-refractivity contribution in [1.29, 1.82) is 0 Å². The van der Waals surface area contributed by atoms with Gasteiger partial charge in [-0.1, -0.05) is 18.2 Å². The molecule has 0 spiro atoms. The van der Waals surface area contributed by atoms with E-state index in [4.69, 9.17) is 0 Å². The molecule has 1 heterocycles. The Kier molecular flexibility index (Phi) is 6.00. The number of rotatable bonds is 5. The molecule has 9 heteroatoms. The summed E-state index contributed by atoms with van der Waals surface area (Å²) in [6.45, 7) is 0.438. The maximum absolute atomic E-state index is 13.2. The number of ether oxygens (including phenoxy) is 1. The number of para-hydroxylation sites is 1. The van der Waals surface area contributed by atoms with Gasteiger partial charge in [-0.3, -0.25) is 0 Å². The zero-order chi connectivity index (χ0) is 21.2. The molecule has 0 bridgehead atoms. The van der Waals surface area contributed by atoms with E-state index in [1.807, 2.05) is 30.3 Å². The van der Waals surface area contributed by atoms with Gasteiger partial charge in [0.25, 0.3) is 0 Å². The summed E-state index contributed by atoms with van der Waals surface area (Å²) in [7, 11) is -5.99. The predicted octanol–water partition coefficient (Wildman–Crippen LogP) is 1.94. The van der Waals surface area contributed by atoms with Gasteiger partial charge in [-0.2, -0.15) is 0 Å². The lowest BCUT2D eigenvalue weighted by Gasteiger charge is -2.38. The van der Waals surface area contributed by atoms with E-state index in [-0.39, 0.29) is 30.0 Å². The van der Waals surface area contributed by atoms with Crippen LogP contribution in [0.15, 0.2) is 59.5 Å². The third-order valence-electron chi connectivity index (χ3n) is 5.14. The molecule has 0 unspecified atom stereocenters. The van der Waals surface area contributed by atoms with E-state index >= 15 is 0 Å². The number of benzene rings is 2.